The van der Waals surface area contributed by atoms with Crippen LogP contribution in [0.2, 0.25) is 0 Å². The summed E-state index contributed by atoms with van der Waals surface area (Å²) in [6.45, 7) is 2.41. The van der Waals surface area contributed by atoms with Crippen molar-refractivity contribution in [3.8, 4) is 5.75 Å². The van der Waals surface area contributed by atoms with E-state index in [1.54, 1.807) is 35.6 Å². The fourth-order valence-corrected chi connectivity index (χ4v) is 3.01. The summed E-state index contributed by atoms with van der Waals surface area (Å²) < 4.78 is 5.28. The highest BCUT2D eigenvalue weighted by Crippen LogP contribution is 2.18. The molecule has 23 heavy (non-hydrogen) atoms. The maximum atomic E-state index is 12.3. The maximum absolute atomic E-state index is 12.3. The molecular weight excluding hydrogens is 312 g/mol. The van der Waals surface area contributed by atoms with Gasteiger partial charge in [-0.2, -0.15) is 0 Å². The zero-order valence-electron chi connectivity index (χ0n) is 13.0. The van der Waals surface area contributed by atoms with Crippen LogP contribution in [0.1, 0.15) is 22.2 Å². The molecule has 1 heterocycles. The average Bonchev–Trinajstić information content (AvgIpc) is 3.03. The number of hydrogen-bond acceptors (Lipinski definition) is 4. The molecule has 0 radical (unpaired) electrons. The van der Waals surface area contributed by atoms with Gasteiger partial charge in [-0.3, -0.25) is 9.59 Å². The average molecular weight is 332 g/mol. The summed E-state index contributed by atoms with van der Waals surface area (Å²) in [5.41, 5.74) is 5.47. The maximum Gasteiger partial charge on any atom is 0.255 e. The van der Waals surface area contributed by atoms with E-state index in [-0.39, 0.29) is 12.5 Å². The van der Waals surface area contributed by atoms with Crippen LogP contribution in [-0.4, -0.2) is 25.0 Å². The Balaban J connectivity index is 1.91. The lowest BCUT2D eigenvalue weighted by Crippen LogP contribution is -2.29. The van der Waals surface area contributed by atoms with E-state index in [0.717, 1.165) is 6.42 Å². The van der Waals surface area contributed by atoms with Crippen molar-refractivity contribution < 1.29 is 14.3 Å². The van der Waals surface area contributed by atoms with Gasteiger partial charge in [-0.15, -0.1) is 11.3 Å². The van der Waals surface area contributed by atoms with E-state index in [9.17, 15) is 9.59 Å². The van der Waals surface area contributed by atoms with E-state index < -0.39 is 5.91 Å². The second kappa shape index (κ2) is 8.33. The number of benzene rings is 1. The Morgan fingerprint density at radius 3 is 2.74 bits per heavy atom. The first kappa shape index (κ1) is 17.0. The van der Waals surface area contributed by atoms with Crippen molar-refractivity contribution >= 4 is 23.2 Å². The molecule has 3 N–H and O–H groups in total. The van der Waals surface area contributed by atoms with Crippen LogP contribution in [0.5, 0.6) is 5.75 Å². The minimum atomic E-state index is -0.579. The van der Waals surface area contributed by atoms with E-state index in [2.05, 4.69) is 18.3 Å². The van der Waals surface area contributed by atoms with E-state index in [0.29, 0.717) is 23.8 Å². The van der Waals surface area contributed by atoms with Crippen molar-refractivity contribution in [3.63, 3.8) is 0 Å². The summed E-state index contributed by atoms with van der Waals surface area (Å²) in [6.07, 6.45) is 0.928. The number of carbonyl (C=O) groups is 2. The summed E-state index contributed by atoms with van der Waals surface area (Å²) in [7, 11) is 0. The topological polar surface area (TPSA) is 81.4 Å². The van der Waals surface area contributed by atoms with Gasteiger partial charge in [0.15, 0.2) is 6.61 Å². The third-order valence-electron chi connectivity index (χ3n) is 3.24. The fourth-order valence-electron chi connectivity index (χ4n) is 2.14. The van der Waals surface area contributed by atoms with Crippen LogP contribution >= 0.6 is 11.3 Å². The molecule has 0 saturated carbocycles. The van der Waals surface area contributed by atoms with Gasteiger partial charge in [-0.05, 0) is 35.9 Å². The van der Waals surface area contributed by atoms with E-state index in [1.807, 2.05) is 11.4 Å². The first-order valence-corrected chi connectivity index (χ1v) is 8.25. The van der Waals surface area contributed by atoms with Crippen LogP contribution in [-0.2, 0) is 11.2 Å². The number of thiophene rings is 1. The molecule has 2 rings (SSSR count). The van der Waals surface area contributed by atoms with Gasteiger partial charge < -0.3 is 15.8 Å². The molecule has 0 fully saturated rings. The molecule has 0 bridgehead atoms. The molecule has 122 valence electrons. The molecule has 0 aliphatic rings. The van der Waals surface area contributed by atoms with E-state index in [4.69, 9.17) is 10.5 Å². The summed E-state index contributed by atoms with van der Waals surface area (Å²) in [6, 6.07) is 10.9. The number of ether oxygens (including phenoxy) is 1. The van der Waals surface area contributed by atoms with Crippen molar-refractivity contribution in [3.05, 3.63) is 52.2 Å². The van der Waals surface area contributed by atoms with Gasteiger partial charge in [0.25, 0.3) is 11.8 Å². The van der Waals surface area contributed by atoms with Gasteiger partial charge in [0.05, 0.1) is 5.56 Å². The molecule has 0 saturated heterocycles. The van der Waals surface area contributed by atoms with Gasteiger partial charge in [-0.25, -0.2) is 0 Å². The Morgan fingerprint density at radius 2 is 2.04 bits per heavy atom. The molecule has 6 heteroatoms. The molecule has 0 spiro atoms. The molecule has 0 aliphatic carbocycles. The Morgan fingerprint density at radius 1 is 1.26 bits per heavy atom. The number of carbonyl (C=O) groups excluding carboxylic acids is 2. The van der Waals surface area contributed by atoms with Crippen LogP contribution in [0.4, 0.5) is 0 Å². The number of nitrogens with one attached hydrogen (secondary N) is 1. The lowest BCUT2D eigenvalue weighted by molar-refractivity contribution is -0.119. The molecule has 2 aromatic rings. The third kappa shape index (κ3) is 5.41. The Kier molecular flexibility index (Phi) is 6.17. The summed E-state index contributed by atoms with van der Waals surface area (Å²) >= 11 is 1.72. The van der Waals surface area contributed by atoms with Crippen LogP contribution in [0.25, 0.3) is 0 Å². The highest BCUT2D eigenvalue weighted by molar-refractivity contribution is 7.09. The van der Waals surface area contributed by atoms with Crippen LogP contribution in [0, 0.1) is 5.92 Å². The normalized spacial score (nSPS) is 11.7. The summed E-state index contributed by atoms with van der Waals surface area (Å²) in [5.74, 6) is -0.112. The van der Waals surface area contributed by atoms with Crippen LogP contribution in [0.15, 0.2) is 41.8 Å². The number of para-hydroxylation sites is 1. The Hall–Kier alpha value is -2.34. The van der Waals surface area contributed by atoms with Crippen molar-refractivity contribution in [2.75, 3.05) is 13.2 Å². The quantitative estimate of drug-likeness (QED) is 0.778. The highest BCUT2D eigenvalue weighted by Gasteiger charge is 2.14. The number of nitrogens with two attached hydrogens (primary N) is 1. The molecular formula is C17H20N2O3S. The minimum Gasteiger partial charge on any atom is -0.483 e. The van der Waals surface area contributed by atoms with Gasteiger partial charge in [0.2, 0.25) is 0 Å². The number of amides is 2. The predicted octanol–water partition coefficient (Wildman–Crippen LogP) is 2.22. The Bertz CT molecular complexity index is 656. The van der Waals surface area contributed by atoms with Crippen molar-refractivity contribution in [2.45, 2.75) is 13.3 Å². The molecule has 5 nitrogen and oxygen atoms in total. The second-order valence-electron chi connectivity index (χ2n) is 5.35. The Labute approximate surface area is 139 Å². The molecule has 0 aliphatic heterocycles. The SMILES string of the molecule is CC(CNC(=O)c1ccccc1OCC(N)=O)Cc1cccs1. The minimum absolute atomic E-state index is 0.219. The van der Waals surface area contributed by atoms with Crippen molar-refractivity contribution in [1.82, 2.24) is 5.32 Å². The van der Waals surface area contributed by atoms with Crippen molar-refractivity contribution in [1.29, 1.82) is 0 Å². The first-order chi connectivity index (χ1) is 11.1. The fraction of sp³-hybridized carbons (Fsp3) is 0.294. The van der Waals surface area contributed by atoms with Crippen LogP contribution in [0.3, 0.4) is 0 Å². The number of rotatable bonds is 8. The van der Waals surface area contributed by atoms with Gasteiger partial charge in [0.1, 0.15) is 5.75 Å². The lowest BCUT2D eigenvalue weighted by Gasteiger charge is -2.14. The van der Waals surface area contributed by atoms with Gasteiger partial charge >= 0.3 is 0 Å². The summed E-state index contributed by atoms with van der Waals surface area (Å²) in [4.78, 5) is 24.4. The van der Waals surface area contributed by atoms with Crippen LogP contribution < -0.4 is 15.8 Å². The summed E-state index contributed by atoms with van der Waals surface area (Å²) in [5, 5.41) is 4.96. The second-order valence-corrected chi connectivity index (χ2v) is 6.38. The monoisotopic (exact) mass is 332 g/mol. The molecule has 1 unspecified atom stereocenters. The van der Waals surface area contributed by atoms with E-state index >= 15 is 0 Å². The zero-order valence-corrected chi connectivity index (χ0v) is 13.8. The van der Waals surface area contributed by atoms with Gasteiger partial charge in [-0.1, -0.05) is 25.1 Å². The number of hydrogen-bond donors (Lipinski definition) is 2. The van der Waals surface area contributed by atoms with E-state index in [1.165, 1.54) is 4.88 Å². The predicted molar refractivity (Wildman–Crippen MR) is 90.7 cm³/mol. The van der Waals surface area contributed by atoms with Gasteiger partial charge in [0, 0.05) is 11.4 Å². The third-order valence-corrected chi connectivity index (χ3v) is 4.14. The highest BCUT2D eigenvalue weighted by atomic mass is 32.1. The molecule has 1 atom stereocenters. The lowest BCUT2D eigenvalue weighted by atomic mass is 10.1. The smallest absolute Gasteiger partial charge is 0.255 e. The first-order valence-electron chi connectivity index (χ1n) is 7.37. The number of primary amides is 1. The molecule has 2 amide bonds. The zero-order chi connectivity index (χ0) is 16.7. The largest absolute Gasteiger partial charge is 0.483 e. The standard InChI is InChI=1S/C17H20N2O3S/c1-12(9-13-5-4-8-23-13)10-19-17(21)14-6-2-3-7-15(14)22-11-16(18)20/h2-8,12H,9-11H2,1H3,(H2,18,20)(H,19,21). The molecule has 1 aromatic carbocycles. The van der Waals surface area contributed by atoms with Crippen molar-refractivity contribution in [2.24, 2.45) is 11.7 Å². The molecule has 1 aromatic heterocycles.